The highest BCUT2D eigenvalue weighted by molar-refractivity contribution is 7.86. The third-order valence-electron chi connectivity index (χ3n) is 6.23. The molecule has 5 rings (SSSR count). The van der Waals surface area contributed by atoms with E-state index in [1.54, 1.807) is 24.3 Å². The summed E-state index contributed by atoms with van der Waals surface area (Å²) in [5.41, 5.74) is 1.98. The van der Waals surface area contributed by atoms with Gasteiger partial charge in [0.05, 0.1) is 4.90 Å². The molecule has 2 aromatic carbocycles. The van der Waals surface area contributed by atoms with Crippen LogP contribution in [0.2, 0.25) is 0 Å². The van der Waals surface area contributed by atoms with E-state index >= 15 is 0 Å². The van der Waals surface area contributed by atoms with Gasteiger partial charge in [-0.2, -0.15) is 8.42 Å². The van der Waals surface area contributed by atoms with E-state index in [0.717, 1.165) is 35.8 Å². The van der Waals surface area contributed by atoms with Gasteiger partial charge in [-0.3, -0.25) is 4.90 Å². The minimum atomic E-state index is -3.84. The van der Waals surface area contributed by atoms with E-state index in [2.05, 4.69) is 10.1 Å². The maximum Gasteiger partial charge on any atom is 0.298 e. The van der Waals surface area contributed by atoms with Gasteiger partial charge in [-0.25, -0.2) is 4.18 Å². The van der Waals surface area contributed by atoms with Crippen molar-refractivity contribution in [3.63, 3.8) is 0 Å². The summed E-state index contributed by atoms with van der Waals surface area (Å²) in [6, 6.07) is 18.6. The number of anilines is 1. The van der Waals surface area contributed by atoms with Gasteiger partial charge >= 0.3 is 0 Å². The Hall–Kier alpha value is -2.68. The molecule has 7 nitrogen and oxygen atoms in total. The number of fused-ring (bicyclic) bond motifs is 1. The average Bonchev–Trinajstić information content (AvgIpc) is 3.46. The Morgan fingerprint density at radius 1 is 1.03 bits per heavy atom. The van der Waals surface area contributed by atoms with Crippen LogP contribution in [-0.2, 0) is 14.3 Å². The SMILES string of the molecule is Cc1ccc(S(=O)(=O)OC2C3CN(c4cc(-c5ccccc5)on4)CC3CN2C)cc1. The Balaban J connectivity index is 1.32. The molecule has 2 aliphatic rings. The van der Waals surface area contributed by atoms with Crippen molar-refractivity contribution in [3.05, 3.63) is 66.2 Å². The zero-order valence-corrected chi connectivity index (χ0v) is 18.3. The number of aromatic nitrogens is 1. The number of hydrogen-bond acceptors (Lipinski definition) is 7. The van der Waals surface area contributed by atoms with Crippen molar-refractivity contribution in [2.75, 3.05) is 31.6 Å². The highest BCUT2D eigenvalue weighted by Crippen LogP contribution is 2.39. The van der Waals surface area contributed by atoms with Crippen molar-refractivity contribution in [2.45, 2.75) is 18.0 Å². The smallest absolute Gasteiger partial charge is 0.298 e. The minimum Gasteiger partial charge on any atom is -0.354 e. The van der Waals surface area contributed by atoms with Gasteiger partial charge in [0.2, 0.25) is 0 Å². The van der Waals surface area contributed by atoms with E-state index in [1.807, 2.05) is 55.3 Å². The summed E-state index contributed by atoms with van der Waals surface area (Å²) in [6.07, 6.45) is -0.498. The molecule has 1 aromatic heterocycles. The van der Waals surface area contributed by atoms with Crippen molar-refractivity contribution in [1.29, 1.82) is 0 Å². The molecule has 3 heterocycles. The summed E-state index contributed by atoms with van der Waals surface area (Å²) < 4.78 is 37.0. The van der Waals surface area contributed by atoms with Gasteiger partial charge in [0, 0.05) is 37.2 Å². The summed E-state index contributed by atoms with van der Waals surface area (Å²) in [5.74, 6) is 1.87. The van der Waals surface area contributed by atoms with Crippen LogP contribution in [-0.4, -0.2) is 51.4 Å². The van der Waals surface area contributed by atoms with Crippen LogP contribution < -0.4 is 4.90 Å². The maximum absolute atomic E-state index is 12.9. The van der Waals surface area contributed by atoms with Crippen LogP contribution in [0, 0.1) is 18.8 Å². The van der Waals surface area contributed by atoms with Crippen LogP contribution in [0.1, 0.15) is 5.56 Å². The van der Waals surface area contributed by atoms with Gasteiger partial charge < -0.3 is 9.42 Å². The largest absolute Gasteiger partial charge is 0.354 e. The molecule has 162 valence electrons. The second kappa shape index (κ2) is 7.78. The van der Waals surface area contributed by atoms with Crippen LogP contribution in [0.5, 0.6) is 0 Å². The molecular weight excluding hydrogens is 414 g/mol. The highest BCUT2D eigenvalue weighted by Gasteiger charge is 2.48. The van der Waals surface area contributed by atoms with E-state index in [4.69, 9.17) is 8.71 Å². The van der Waals surface area contributed by atoms with E-state index in [9.17, 15) is 8.42 Å². The molecule has 0 radical (unpaired) electrons. The first-order valence-electron chi connectivity index (χ1n) is 10.4. The van der Waals surface area contributed by atoms with Crippen LogP contribution in [0.25, 0.3) is 11.3 Å². The first-order valence-corrected chi connectivity index (χ1v) is 11.8. The average molecular weight is 440 g/mol. The Kier molecular flexibility index (Phi) is 5.08. The number of likely N-dealkylation sites (tertiary alicyclic amines) is 1. The molecule has 31 heavy (non-hydrogen) atoms. The molecule has 2 aliphatic heterocycles. The van der Waals surface area contributed by atoms with Crippen LogP contribution >= 0.6 is 0 Å². The maximum atomic E-state index is 12.9. The molecule has 0 N–H and O–H groups in total. The molecule has 2 fully saturated rings. The Bertz CT molecular complexity index is 1160. The van der Waals surface area contributed by atoms with Gasteiger partial charge in [-0.1, -0.05) is 53.2 Å². The predicted octanol–water partition coefficient (Wildman–Crippen LogP) is 3.38. The lowest BCUT2D eigenvalue weighted by molar-refractivity contribution is 0.0568. The van der Waals surface area contributed by atoms with Crippen molar-refractivity contribution >= 4 is 15.9 Å². The molecule has 0 amide bonds. The second-order valence-electron chi connectivity index (χ2n) is 8.44. The molecule has 8 heteroatoms. The molecule has 3 unspecified atom stereocenters. The second-order valence-corrected chi connectivity index (χ2v) is 10.0. The number of rotatable bonds is 5. The van der Waals surface area contributed by atoms with Crippen molar-refractivity contribution in [1.82, 2.24) is 10.1 Å². The normalized spacial score (nSPS) is 23.9. The molecule has 0 saturated carbocycles. The lowest BCUT2D eigenvalue weighted by Crippen LogP contribution is -2.37. The molecule has 3 atom stereocenters. The fraction of sp³-hybridized carbons (Fsp3) is 0.348. The summed E-state index contributed by atoms with van der Waals surface area (Å²) in [4.78, 5) is 4.35. The Morgan fingerprint density at radius 3 is 2.52 bits per heavy atom. The number of nitrogens with zero attached hydrogens (tertiary/aromatic N) is 3. The number of aryl methyl sites for hydroxylation is 1. The van der Waals surface area contributed by atoms with E-state index in [-0.39, 0.29) is 10.8 Å². The third kappa shape index (κ3) is 3.86. The zero-order valence-electron chi connectivity index (χ0n) is 17.5. The van der Waals surface area contributed by atoms with Gasteiger partial charge in [-0.15, -0.1) is 0 Å². The minimum absolute atomic E-state index is 0.0714. The van der Waals surface area contributed by atoms with Gasteiger partial charge in [0.15, 0.2) is 11.6 Å². The van der Waals surface area contributed by atoms with Gasteiger partial charge in [0.1, 0.15) is 6.23 Å². The first kappa shape index (κ1) is 20.2. The van der Waals surface area contributed by atoms with E-state index in [1.165, 1.54) is 0 Å². The van der Waals surface area contributed by atoms with E-state index in [0.29, 0.717) is 12.5 Å². The lowest BCUT2D eigenvalue weighted by atomic mass is 10.00. The molecular formula is C23H25N3O4S. The molecule has 3 aromatic rings. The topological polar surface area (TPSA) is 75.9 Å². The summed E-state index contributed by atoms with van der Waals surface area (Å²) in [5, 5.41) is 4.25. The predicted molar refractivity (Wildman–Crippen MR) is 117 cm³/mol. The van der Waals surface area contributed by atoms with Gasteiger partial charge in [0.25, 0.3) is 10.1 Å². The van der Waals surface area contributed by atoms with Crippen LogP contribution in [0.3, 0.4) is 0 Å². The van der Waals surface area contributed by atoms with Crippen LogP contribution in [0.15, 0.2) is 70.1 Å². The van der Waals surface area contributed by atoms with Crippen molar-refractivity contribution < 1.29 is 17.1 Å². The summed E-state index contributed by atoms with van der Waals surface area (Å²) in [7, 11) is -1.92. The zero-order chi connectivity index (χ0) is 21.6. The van der Waals surface area contributed by atoms with Crippen LogP contribution in [0.4, 0.5) is 5.82 Å². The number of benzene rings is 2. The van der Waals surface area contributed by atoms with Crippen molar-refractivity contribution in [2.24, 2.45) is 11.8 Å². The Labute approximate surface area is 182 Å². The highest BCUT2D eigenvalue weighted by atomic mass is 32.2. The molecule has 2 saturated heterocycles. The molecule has 0 spiro atoms. The fourth-order valence-electron chi connectivity index (χ4n) is 4.59. The number of hydrogen-bond donors (Lipinski definition) is 0. The standard InChI is InChI=1S/C23H25N3O4S/c1-16-8-10-19(11-9-16)31(27,28)30-23-20-15-26(14-18(20)13-25(23)2)22-12-21(29-24-22)17-6-4-3-5-7-17/h3-12,18,20,23H,13-15H2,1-2H3. The molecule has 0 bridgehead atoms. The first-order chi connectivity index (χ1) is 14.9. The summed E-state index contributed by atoms with van der Waals surface area (Å²) >= 11 is 0. The monoisotopic (exact) mass is 439 g/mol. The van der Waals surface area contributed by atoms with Gasteiger partial charge in [-0.05, 0) is 32.0 Å². The third-order valence-corrected chi connectivity index (χ3v) is 7.53. The lowest BCUT2D eigenvalue weighted by Gasteiger charge is -2.25. The Morgan fingerprint density at radius 2 is 1.77 bits per heavy atom. The van der Waals surface area contributed by atoms with E-state index < -0.39 is 16.3 Å². The van der Waals surface area contributed by atoms with Crippen molar-refractivity contribution in [3.8, 4) is 11.3 Å². The summed E-state index contributed by atoms with van der Waals surface area (Å²) in [6.45, 7) is 4.16. The molecule has 0 aliphatic carbocycles. The quantitative estimate of drug-likeness (QED) is 0.564. The fourth-order valence-corrected chi connectivity index (χ4v) is 5.72.